The van der Waals surface area contributed by atoms with Crippen LogP contribution in [0, 0.1) is 0 Å². The number of benzene rings is 1. The van der Waals surface area contributed by atoms with Crippen LogP contribution < -0.4 is 0 Å². The lowest BCUT2D eigenvalue weighted by molar-refractivity contribution is -0.382. The van der Waals surface area contributed by atoms with Gasteiger partial charge in [-0.3, -0.25) is 0 Å². The molecule has 1 N–H and O–H groups in total. The number of aliphatic hydroxyl groups excluding tert-OH is 1. The molecule has 0 aliphatic carbocycles. The smallest absolute Gasteiger partial charge is 0.187 e. The average Bonchev–Trinajstić information content (AvgIpc) is 3.40. The molecule has 0 radical (unpaired) electrons. The SMILES string of the molecule is CCCCOC1[C@@H]2OC(c3ccccc3)OCC2O[C@@H](O[C@@H]2C3CO[C@H](O3)[C@@H](N=[N+]=[N-])C2O)[C@H]1OCCCC. The lowest BCUT2D eigenvalue weighted by atomic mass is 9.96. The summed E-state index contributed by atoms with van der Waals surface area (Å²) in [6, 6.07) is 8.82. The van der Waals surface area contributed by atoms with E-state index < -0.39 is 67.6 Å². The van der Waals surface area contributed by atoms with E-state index in [0.29, 0.717) is 13.2 Å². The van der Waals surface area contributed by atoms with E-state index in [2.05, 4.69) is 23.9 Å². The highest BCUT2D eigenvalue weighted by Gasteiger charge is 2.56. The molecule has 4 saturated heterocycles. The van der Waals surface area contributed by atoms with Crippen LogP contribution in [0.2, 0.25) is 0 Å². The van der Waals surface area contributed by atoms with Crippen molar-refractivity contribution < 1.29 is 43.0 Å². The Morgan fingerprint density at radius 2 is 1.64 bits per heavy atom. The van der Waals surface area contributed by atoms with E-state index in [9.17, 15) is 5.11 Å². The van der Waals surface area contributed by atoms with Crippen LogP contribution >= 0.6 is 0 Å². The molecular formula is C27H39N3O9. The molecule has 5 unspecified atom stereocenters. The second kappa shape index (κ2) is 13.7. The lowest BCUT2D eigenvalue weighted by Gasteiger charge is -2.50. The average molecular weight is 550 g/mol. The molecule has 39 heavy (non-hydrogen) atoms. The minimum absolute atomic E-state index is 0.200. The van der Waals surface area contributed by atoms with Gasteiger partial charge in [-0.15, -0.1) is 0 Å². The standard InChI is InChI=1S/C27H39N3O9/c1-3-5-12-32-23-22-18(15-34-25(39-22)16-10-8-7-9-11-16)37-27(24(23)33-13-6-4-2)38-21-17-14-35-26(36-17)19(20(21)31)29-30-28/h7-11,17-27,31H,3-6,12-15H2,1-2H3/t17?,18?,19-,20?,21+,22+,23?,24-,25?,26+,27-/m0/s1. The number of rotatable bonds is 12. The summed E-state index contributed by atoms with van der Waals surface area (Å²) in [7, 11) is 0. The molecule has 0 saturated carbocycles. The number of hydrogen-bond acceptors (Lipinski definition) is 10. The van der Waals surface area contributed by atoms with Crippen molar-refractivity contribution in [1.29, 1.82) is 0 Å². The Bertz CT molecular complexity index is 952. The fourth-order valence-electron chi connectivity index (χ4n) is 5.40. The van der Waals surface area contributed by atoms with Gasteiger partial charge in [0.1, 0.15) is 42.7 Å². The fourth-order valence-corrected chi connectivity index (χ4v) is 5.40. The number of aliphatic hydroxyl groups is 1. The molecule has 0 aromatic heterocycles. The molecule has 2 bridgehead atoms. The lowest BCUT2D eigenvalue weighted by Crippen LogP contribution is -2.65. The maximum atomic E-state index is 11.1. The molecular weight excluding hydrogens is 510 g/mol. The van der Waals surface area contributed by atoms with Gasteiger partial charge in [0, 0.05) is 23.7 Å². The third kappa shape index (κ3) is 6.41. The maximum Gasteiger partial charge on any atom is 0.187 e. The van der Waals surface area contributed by atoms with Crippen LogP contribution in [-0.4, -0.2) is 92.9 Å². The zero-order valence-corrected chi connectivity index (χ0v) is 22.4. The molecule has 1 aromatic rings. The second-order valence-electron chi connectivity index (χ2n) is 10.3. The van der Waals surface area contributed by atoms with Crippen molar-refractivity contribution in [3.8, 4) is 0 Å². The molecule has 0 amide bonds. The largest absolute Gasteiger partial charge is 0.390 e. The van der Waals surface area contributed by atoms with Gasteiger partial charge in [0.05, 0.1) is 19.3 Å². The quantitative estimate of drug-likeness (QED) is 0.180. The van der Waals surface area contributed by atoms with Gasteiger partial charge in [-0.25, -0.2) is 0 Å². The van der Waals surface area contributed by atoms with Crippen LogP contribution in [-0.2, 0) is 37.9 Å². The first-order valence-electron chi connectivity index (χ1n) is 14.0. The Balaban J connectivity index is 1.39. The summed E-state index contributed by atoms with van der Waals surface area (Å²) in [6.07, 6.45) is -3.29. The highest BCUT2D eigenvalue weighted by atomic mass is 16.8. The minimum atomic E-state index is -1.15. The Labute approximate surface area is 228 Å². The topological polar surface area (TPSA) is 143 Å². The molecule has 4 aliphatic rings. The third-order valence-corrected chi connectivity index (χ3v) is 7.51. The molecule has 4 heterocycles. The Hall–Kier alpha value is -1.83. The molecule has 12 heteroatoms. The van der Waals surface area contributed by atoms with Crippen LogP contribution in [0.25, 0.3) is 10.4 Å². The van der Waals surface area contributed by atoms with Gasteiger partial charge in [-0.05, 0) is 18.4 Å². The van der Waals surface area contributed by atoms with Gasteiger partial charge < -0.3 is 43.0 Å². The van der Waals surface area contributed by atoms with Crippen molar-refractivity contribution in [3.05, 3.63) is 46.3 Å². The molecule has 11 atom stereocenters. The van der Waals surface area contributed by atoms with E-state index >= 15 is 0 Å². The van der Waals surface area contributed by atoms with Crippen LogP contribution in [0.3, 0.4) is 0 Å². The fraction of sp³-hybridized carbons (Fsp3) is 0.778. The van der Waals surface area contributed by atoms with Crippen molar-refractivity contribution in [1.82, 2.24) is 0 Å². The van der Waals surface area contributed by atoms with Crippen LogP contribution in [0.1, 0.15) is 51.4 Å². The minimum Gasteiger partial charge on any atom is -0.390 e. The van der Waals surface area contributed by atoms with Crippen molar-refractivity contribution in [3.63, 3.8) is 0 Å². The Morgan fingerprint density at radius 1 is 0.923 bits per heavy atom. The van der Waals surface area contributed by atoms with E-state index in [1.165, 1.54) is 0 Å². The Kier molecular flexibility index (Phi) is 10.1. The van der Waals surface area contributed by atoms with E-state index in [-0.39, 0.29) is 13.2 Å². The number of hydrogen-bond donors (Lipinski definition) is 1. The van der Waals surface area contributed by atoms with Gasteiger partial charge in [0.25, 0.3) is 0 Å². The van der Waals surface area contributed by atoms with Crippen LogP contribution in [0.5, 0.6) is 0 Å². The predicted octanol–water partition coefficient (Wildman–Crippen LogP) is 3.38. The second-order valence-corrected chi connectivity index (χ2v) is 10.3. The summed E-state index contributed by atoms with van der Waals surface area (Å²) in [5.41, 5.74) is 9.92. The molecule has 216 valence electrons. The van der Waals surface area contributed by atoms with E-state index in [1.54, 1.807) is 0 Å². The molecule has 4 fully saturated rings. The number of ether oxygens (including phenoxy) is 8. The van der Waals surface area contributed by atoms with Crippen molar-refractivity contribution in [2.45, 2.75) is 107 Å². The van der Waals surface area contributed by atoms with Gasteiger partial charge in [-0.2, -0.15) is 0 Å². The zero-order chi connectivity index (χ0) is 27.2. The van der Waals surface area contributed by atoms with E-state index in [0.717, 1.165) is 31.2 Å². The monoisotopic (exact) mass is 549 g/mol. The number of nitrogens with zero attached hydrogens (tertiary/aromatic N) is 3. The third-order valence-electron chi connectivity index (χ3n) is 7.51. The molecule has 4 aliphatic heterocycles. The first kappa shape index (κ1) is 28.7. The normalized spacial score (nSPS) is 39.6. The summed E-state index contributed by atoms with van der Waals surface area (Å²) in [6.45, 7) is 5.67. The molecule has 12 nitrogen and oxygen atoms in total. The summed E-state index contributed by atoms with van der Waals surface area (Å²) >= 11 is 0. The highest BCUT2D eigenvalue weighted by molar-refractivity contribution is 5.16. The summed E-state index contributed by atoms with van der Waals surface area (Å²) in [5, 5.41) is 14.8. The van der Waals surface area contributed by atoms with Gasteiger partial charge in [-0.1, -0.05) is 62.1 Å². The summed E-state index contributed by atoms with van der Waals surface area (Å²) in [5.74, 6) is 0. The summed E-state index contributed by atoms with van der Waals surface area (Å²) in [4.78, 5) is 2.85. The first-order valence-corrected chi connectivity index (χ1v) is 14.0. The molecule has 5 rings (SSSR count). The number of fused-ring (bicyclic) bond motifs is 3. The zero-order valence-electron chi connectivity index (χ0n) is 22.4. The predicted molar refractivity (Wildman–Crippen MR) is 136 cm³/mol. The van der Waals surface area contributed by atoms with E-state index in [1.807, 2.05) is 30.3 Å². The number of azide groups is 1. The van der Waals surface area contributed by atoms with Crippen molar-refractivity contribution >= 4 is 0 Å². The first-order chi connectivity index (χ1) is 19.1. The highest BCUT2D eigenvalue weighted by Crippen LogP contribution is 2.39. The molecule has 0 spiro atoms. The molecule has 1 aromatic carbocycles. The van der Waals surface area contributed by atoms with Gasteiger partial charge in [0.2, 0.25) is 0 Å². The van der Waals surface area contributed by atoms with Crippen molar-refractivity contribution in [2.75, 3.05) is 26.4 Å². The van der Waals surface area contributed by atoms with E-state index in [4.69, 9.17) is 43.4 Å². The van der Waals surface area contributed by atoms with Crippen LogP contribution in [0.15, 0.2) is 35.4 Å². The van der Waals surface area contributed by atoms with Crippen LogP contribution in [0.4, 0.5) is 0 Å². The van der Waals surface area contributed by atoms with Crippen molar-refractivity contribution in [2.24, 2.45) is 5.11 Å². The maximum absolute atomic E-state index is 11.1. The number of unbranched alkanes of at least 4 members (excludes halogenated alkanes) is 2. The van der Waals surface area contributed by atoms with Gasteiger partial charge >= 0.3 is 0 Å². The summed E-state index contributed by atoms with van der Waals surface area (Å²) < 4.78 is 49.6. The van der Waals surface area contributed by atoms with Gasteiger partial charge in [0.15, 0.2) is 18.9 Å². The Morgan fingerprint density at radius 3 is 2.36 bits per heavy atom.